The molecule has 2 aliphatic carbocycles. The molecule has 0 spiro atoms. The van der Waals surface area contributed by atoms with Gasteiger partial charge in [0, 0.05) is 12.1 Å². The van der Waals surface area contributed by atoms with E-state index in [1.54, 1.807) is 0 Å². The molecule has 4 heteroatoms. The highest BCUT2D eigenvalue weighted by molar-refractivity contribution is 5.68. The maximum atomic E-state index is 11.7. The van der Waals surface area contributed by atoms with Crippen molar-refractivity contribution in [1.29, 1.82) is 0 Å². The van der Waals surface area contributed by atoms with Crippen LogP contribution >= 0.6 is 0 Å². The summed E-state index contributed by atoms with van der Waals surface area (Å²) in [5, 5.41) is 12.5. The molecule has 0 heterocycles. The van der Waals surface area contributed by atoms with Gasteiger partial charge in [0.1, 0.15) is 0 Å². The van der Waals surface area contributed by atoms with E-state index < -0.39 is 0 Å². The van der Waals surface area contributed by atoms with Crippen LogP contribution in [-0.4, -0.2) is 30.0 Å². The van der Waals surface area contributed by atoms with Crippen LogP contribution in [0.2, 0.25) is 0 Å². The minimum atomic E-state index is -0.283. The third-order valence-electron chi connectivity index (χ3n) is 4.41. The molecule has 0 saturated heterocycles. The van der Waals surface area contributed by atoms with Crippen molar-refractivity contribution in [3.8, 4) is 0 Å². The predicted molar refractivity (Wildman–Crippen MR) is 64.7 cm³/mol. The average molecular weight is 241 g/mol. The maximum absolute atomic E-state index is 11.7. The van der Waals surface area contributed by atoms with E-state index in [2.05, 4.69) is 12.2 Å². The first-order valence-electron chi connectivity index (χ1n) is 6.70. The minimum absolute atomic E-state index is 0.0801. The Balaban J connectivity index is 1.82. The molecule has 4 nitrogen and oxygen atoms in total. The van der Waals surface area contributed by atoms with E-state index in [9.17, 15) is 9.90 Å². The highest BCUT2D eigenvalue weighted by atomic mass is 16.5. The Morgan fingerprint density at radius 1 is 1.35 bits per heavy atom. The summed E-state index contributed by atoms with van der Waals surface area (Å²) in [6.45, 7) is 2.83. The number of nitrogens with one attached hydrogen (secondary N) is 1. The van der Waals surface area contributed by atoms with Gasteiger partial charge < -0.3 is 15.2 Å². The third kappa shape index (κ3) is 2.57. The summed E-state index contributed by atoms with van der Waals surface area (Å²) >= 11 is 0. The molecule has 0 aromatic heterocycles. The van der Waals surface area contributed by atoms with E-state index in [0.29, 0.717) is 6.61 Å². The van der Waals surface area contributed by atoms with Crippen LogP contribution < -0.4 is 5.32 Å². The number of aliphatic hydroxyl groups excluding tert-OH is 1. The van der Waals surface area contributed by atoms with Crippen LogP contribution in [0.5, 0.6) is 0 Å². The van der Waals surface area contributed by atoms with Crippen molar-refractivity contribution in [1.82, 2.24) is 5.32 Å². The molecule has 1 amide bonds. The van der Waals surface area contributed by atoms with E-state index >= 15 is 0 Å². The SMILES string of the molecule is CCCCOC(=O)NC12CCC(CO)(CC1)C2. The number of unbranched alkanes of at least 4 members (excludes halogenated alkanes) is 1. The van der Waals surface area contributed by atoms with Crippen LogP contribution in [0.25, 0.3) is 0 Å². The lowest BCUT2D eigenvalue weighted by molar-refractivity contribution is 0.131. The van der Waals surface area contributed by atoms with Crippen molar-refractivity contribution in [3.05, 3.63) is 0 Å². The van der Waals surface area contributed by atoms with Gasteiger partial charge >= 0.3 is 6.09 Å². The number of hydrogen-bond donors (Lipinski definition) is 2. The van der Waals surface area contributed by atoms with Gasteiger partial charge in [0.15, 0.2) is 0 Å². The van der Waals surface area contributed by atoms with Crippen molar-refractivity contribution in [3.63, 3.8) is 0 Å². The maximum Gasteiger partial charge on any atom is 0.407 e. The Morgan fingerprint density at radius 2 is 2.06 bits per heavy atom. The van der Waals surface area contributed by atoms with Gasteiger partial charge in [-0.25, -0.2) is 4.79 Å². The first kappa shape index (κ1) is 12.7. The second-order valence-electron chi connectivity index (χ2n) is 5.73. The molecule has 0 aromatic rings. The van der Waals surface area contributed by atoms with Crippen molar-refractivity contribution in [2.24, 2.45) is 5.41 Å². The summed E-state index contributed by atoms with van der Waals surface area (Å²) in [7, 11) is 0. The first-order chi connectivity index (χ1) is 8.14. The second kappa shape index (κ2) is 4.84. The fraction of sp³-hybridized carbons (Fsp3) is 0.923. The van der Waals surface area contributed by atoms with Crippen LogP contribution in [0, 0.1) is 5.41 Å². The molecule has 2 fully saturated rings. The van der Waals surface area contributed by atoms with Crippen LogP contribution in [0.4, 0.5) is 4.79 Å². The highest BCUT2D eigenvalue weighted by Crippen LogP contribution is 2.56. The number of ether oxygens (including phenoxy) is 1. The lowest BCUT2D eigenvalue weighted by Crippen LogP contribution is -2.45. The Kier molecular flexibility index (Phi) is 3.61. The molecule has 0 aromatic carbocycles. The summed E-state index contributed by atoms with van der Waals surface area (Å²) in [5.74, 6) is 0. The summed E-state index contributed by atoms with van der Waals surface area (Å²) in [6.07, 6.45) is 6.60. The number of rotatable bonds is 5. The Labute approximate surface area is 103 Å². The van der Waals surface area contributed by atoms with Crippen molar-refractivity contribution in [2.75, 3.05) is 13.2 Å². The Bertz CT molecular complexity index is 282. The van der Waals surface area contributed by atoms with Crippen LogP contribution in [0.15, 0.2) is 0 Å². The smallest absolute Gasteiger partial charge is 0.407 e. The molecular weight excluding hydrogens is 218 g/mol. The molecular formula is C13H23NO3. The number of carbonyl (C=O) groups is 1. The normalized spacial score (nSPS) is 34.9. The number of aliphatic hydroxyl groups is 1. The number of fused-ring (bicyclic) bond motifs is 2. The summed E-state index contributed by atoms with van der Waals surface area (Å²) in [4.78, 5) is 11.7. The molecule has 2 bridgehead atoms. The van der Waals surface area contributed by atoms with E-state index in [0.717, 1.165) is 44.9 Å². The van der Waals surface area contributed by atoms with Gasteiger partial charge in [-0.3, -0.25) is 0 Å². The predicted octanol–water partition coefficient (Wildman–Crippen LogP) is 2.21. The van der Waals surface area contributed by atoms with Crippen LogP contribution in [0.1, 0.15) is 51.9 Å². The van der Waals surface area contributed by atoms with Gasteiger partial charge in [-0.2, -0.15) is 0 Å². The van der Waals surface area contributed by atoms with Crippen molar-refractivity contribution in [2.45, 2.75) is 57.4 Å². The molecule has 0 aliphatic heterocycles. The van der Waals surface area contributed by atoms with Crippen LogP contribution in [0.3, 0.4) is 0 Å². The zero-order valence-corrected chi connectivity index (χ0v) is 10.6. The van der Waals surface area contributed by atoms with Gasteiger partial charge in [-0.1, -0.05) is 13.3 Å². The zero-order chi connectivity index (χ0) is 12.4. The third-order valence-corrected chi connectivity index (χ3v) is 4.41. The number of amides is 1. The van der Waals surface area contributed by atoms with Crippen molar-refractivity contribution < 1.29 is 14.6 Å². The van der Waals surface area contributed by atoms with Crippen LogP contribution in [-0.2, 0) is 4.74 Å². The summed E-state index contributed by atoms with van der Waals surface area (Å²) in [5.41, 5.74) is -0.0112. The number of hydrogen-bond acceptors (Lipinski definition) is 3. The topological polar surface area (TPSA) is 58.6 Å². The fourth-order valence-electron chi connectivity index (χ4n) is 3.28. The fourth-order valence-corrected chi connectivity index (χ4v) is 3.28. The summed E-state index contributed by atoms with van der Waals surface area (Å²) in [6, 6.07) is 0. The molecule has 2 rings (SSSR count). The molecule has 2 N–H and O–H groups in total. The van der Waals surface area contributed by atoms with Gasteiger partial charge in [0.05, 0.1) is 6.61 Å². The number of alkyl carbamates (subject to hydrolysis) is 1. The average Bonchev–Trinajstić information content (AvgIpc) is 2.85. The lowest BCUT2D eigenvalue weighted by atomic mass is 9.85. The van der Waals surface area contributed by atoms with E-state index in [1.807, 2.05) is 0 Å². The Hall–Kier alpha value is -0.770. The number of carbonyl (C=O) groups excluding carboxylic acids is 1. The summed E-state index contributed by atoms with van der Waals surface area (Å²) < 4.78 is 5.14. The van der Waals surface area contributed by atoms with Crippen molar-refractivity contribution >= 4 is 6.09 Å². The quantitative estimate of drug-likeness (QED) is 0.725. The van der Waals surface area contributed by atoms with Gasteiger partial charge in [-0.05, 0) is 43.9 Å². The van der Waals surface area contributed by atoms with Gasteiger partial charge in [0.2, 0.25) is 0 Å². The lowest BCUT2D eigenvalue weighted by Gasteiger charge is -2.27. The molecule has 17 heavy (non-hydrogen) atoms. The monoisotopic (exact) mass is 241 g/mol. The molecule has 0 radical (unpaired) electrons. The largest absolute Gasteiger partial charge is 0.450 e. The molecule has 0 unspecified atom stereocenters. The van der Waals surface area contributed by atoms with Gasteiger partial charge in [-0.15, -0.1) is 0 Å². The standard InChI is InChI=1S/C13H23NO3/c1-2-3-8-17-11(16)14-13-6-4-12(9-13,10-15)5-7-13/h15H,2-10H2,1H3,(H,14,16). The van der Waals surface area contributed by atoms with E-state index in [1.165, 1.54) is 0 Å². The first-order valence-corrected chi connectivity index (χ1v) is 6.70. The molecule has 2 saturated carbocycles. The molecule has 2 aliphatic rings. The van der Waals surface area contributed by atoms with E-state index in [4.69, 9.17) is 4.74 Å². The molecule has 98 valence electrons. The minimum Gasteiger partial charge on any atom is -0.450 e. The highest BCUT2D eigenvalue weighted by Gasteiger charge is 2.54. The molecule has 0 atom stereocenters. The zero-order valence-electron chi connectivity index (χ0n) is 10.6. The Morgan fingerprint density at radius 3 is 2.59 bits per heavy atom. The second-order valence-corrected chi connectivity index (χ2v) is 5.73. The van der Waals surface area contributed by atoms with E-state index in [-0.39, 0.29) is 23.7 Å². The van der Waals surface area contributed by atoms with Gasteiger partial charge in [0.25, 0.3) is 0 Å².